The number of aryl methyl sites for hydroxylation is 2. The molecule has 0 saturated carbocycles. The summed E-state index contributed by atoms with van der Waals surface area (Å²) in [4.78, 5) is 11.5. The van der Waals surface area contributed by atoms with Gasteiger partial charge in [0.2, 0.25) is 5.91 Å². The number of hydrogen-bond donors (Lipinski definition) is 2. The monoisotopic (exact) mass is 270 g/mol. The molecule has 20 heavy (non-hydrogen) atoms. The highest BCUT2D eigenvalue weighted by molar-refractivity contribution is 5.92. The molecule has 2 aromatic rings. The quantitative estimate of drug-likeness (QED) is 0.881. The number of furan rings is 1. The Bertz CT molecular complexity index is 646. The fourth-order valence-corrected chi connectivity index (χ4v) is 2.68. The largest absolute Gasteiger partial charge is 0.469 e. The van der Waals surface area contributed by atoms with Gasteiger partial charge in [0, 0.05) is 17.7 Å². The molecule has 2 heterocycles. The van der Waals surface area contributed by atoms with Crippen molar-refractivity contribution in [3.8, 4) is 0 Å². The summed E-state index contributed by atoms with van der Waals surface area (Å²) in [6, 6.07) is 7.73. The van der Waals surface area contributed by atoms with Crippen LogP contribution >= 0.6 is 0 Å². The molecule has 0 fully saturated rings. The SMILES string of the molecule is Cc1occc1C(N)c1ccc2c(c1)CCCC(=O)N2. The molecule has 1 aromatic heterocycles. The van der Waals surface area contributed by atoms with Gasteiger partial charge in [-0.1, -0.05) is 12.1 Å². The topological polar surface area (TPSA) is 68.3 Å². The van der Waals surface area contributed by atoms with Crippen molar-refractivity contribution in [2.45, 2.75) is 32.2 Å². The third-order valence-corrected chi connectivity index (χ3v) is 3.85. The number of nitrogens with two attached hydrogens (primary N) is 1. The number of fused-ring (bicyclic) bond motifs is 1. The molecular formula is C16H18N2O2. The van der Waals surface area contributed by atoms with E-state index < -0.39 is 0 Å². The summed E-state index contributed by atoms with van der Waals surface area (Å²) in [5.74, 6) is 0.937. The van der Waals surface area contributed by atoms with Gasteiger partial charge >= 0.3 is 0 Å². The molecule has 104 valence electrons. The average molecular weight is 270 g/mol. The van der Waals surface area contributed by atoms with Crippen molar-refractivity contribution in [3.63, 3.8) is 0 Å². The van der Waals surface area contributed by atoms with Crippen LogP contribution in [0.25, 0.3) is 0 Å². The zero-order valence-corrected chi connectivity index (χ0v) is 11.5. The van der Waals surface area contributed by atoms with Gasteiger partial charge in [0.1, 0.15) is 5.76 Å². The van der Waals surface area contributed by atoms with E-state index in [1.165, 1.54) is 0 Å². The van der Waals surface area contributed by atoms with E-state index in [0.29, 0.717) is 6.42 Å². The Hall–Kier alpha value is -2.07. The lowest BCUT2D eigenvalue weighted by molar-refractivity contribution is -0.116. The zero-order chi connectivity index (χ0) is 14.1. The van der Waals surface area contributed by atoms with Crippen molar-refractivity contribution in [3.05, 3.63) is 53.0 Å². The van der Waals surface area contributed by atoms with Crippen molar-refractivity contribution >= 4 is 11.6 Å². The van der Waals surface area contributed by atoms with Gasteiger partial charge in [0.25, 0.3) is 0 Å². The average Bonchev–Trinajstić information content (AvgIpc) is 2.76. The minimum absolute atomic E-state index is 0.0893. The third-order valence-electron chi connectivity index (χ3n) is 3.85. The minimum Gasteiger partial charge on any atom is -0.469 e. The Kier molecular flexibility index (Phi) is 3.32. The molecule has 1 unspecified atom stereocenters. The van der Waals surface area contributed by atoms with Gasteiger partial charge < -0.3 is 15.5 Å². The predicted molar refractivity (Wildman–Crippen MR) is 77.5 cm³/mol. The van der Waals surface area contributed by atoms with E-state index >= 15 is 0 Å². The molecule has 4 heteroatoms. The summed E-state index contributed by atoms with van der Waals surface area (Å²) in [7, 11) is 0. The van der Waals surface area contributed by atoms with Crippen LogP contribution in [-0.4, -0.2) is 5.91 Å². The van der Waals surface area contributed by atoms with Crippen LogP contribution in [0.1, 0.15) is 41.3 Å². The molecule has 4 nitrogen and oxygen atoms in total. The second-order valence-corrected chi connectivity index (χ2v) is 5.23. The van der Waals surface area contributed by atoms with Crippen LogP contribution in [0.5, 0.6) is 0 Å². The molecule has 1 aliphatic heterocycles. The minimum atomic E-state index is -0.196. The fourth-order valence-electron chi connectivity index (χ4n) is 2.68. The molecule has 0 radical (unpaired) electrons. The first-order valence-electron chi connectivity index (χ1n) is 6.87. The molecule has 1 atom stereocenters. The molecule has 0 aliphatic carbocycles. The van der Waals surface area contributed by atoms with Crippen molar-refractivity contribution in [2.75, 3.05) is 5.32 Å². The number of benzene rings is 1. The Labute approximate surface area is 118 Å². The number of amides is 1. The lowest BCUT2D eigenvalue weighted by atomic mass is 9.96. The van der Waals surface area contributed by atoms with E-state index in [9.17, 15) is 4.79 Å². The molecule has 3 rings (SSSR count). The van der Waals surface area contributed by atoms with Gasteiger partial charge in [-0.3, -0.25) is 4.79 Å². The summed E-state index contributed by atoms with van der Waals surface area (Å²) in [6.07, 6.45) is 4.02. The number of nitrogens with one attached hydrogen (secondary N) is 1. The Morgan fingerprint density at radius 3 is 2.90 bits per heavy atom. The van der Waals surface area contributed by atoms with Gasteiger partial charge in [0.15, 0.2) is 0 Å². The maximum absolute atomic E-state index is 11.5. The first kappa shape index (κ1) is 12.9. The molecule has 1 aliphatic rings. The van der Waals surface area contributed by atoms with Gasteiger partial charge in [-0.25, -0.2) is 0 Å². The van der Waals surface area contributed by atoms with Gasteiger partial charge in [-0.05, 0) is 43.0 Å². The maximum Gasteiger partial charge on any atom is 0.224 e. The Morgan fingerprint density at radius 2 is 2.15 bits per heavy atom. The summed E-state index contributed by atoms with van der Waals surface area (Å²) >= 11 is 0. The lowest BCUT2D eigenvalue weighted by Gasteiger charge is -2.14. The van der Waals surface area contributed by atoms with Crippen molar-refractivity contribution < 1.29 is 9.21 Å². The van der Waals surface area contributed by atoms with Crippen LogP contribution in [0, 0.1) is 6.92 Å². The fraction of sp³-hybridized carbons (Fsp3) is 0.312. The van der Waals surface area contributed by atoms with Crippen LogP contribution < -0.4 is 11.1 Å². The zero-order valence-electron chi connectivity index (χ0n) is 11.5. The van der Waals surface area contributed by atoms with Gasteiger partial charge in [0.05, 0.1) is 12.3 Å². The summed E-state index contributed by atoms with van der Waals surface area (Å²) < 4.78 is 5.32. The van der Waals surface area contributed by atoms with Crippen LogP contribution in [0.2, 0.25) is 0 Å². The molecular weight excluding hydrogens is 252 g/mol. The second-order valence-electron chi connectivity index (χ2n) is 5.23. The molecule has 3 N–H and O–H groups in total. The van der Waals surface area contributed by atoms with Gasteiger partial charge in [-0.2, -0.15) is 0 Å². The normalized spacial score (nSPS) is 16.2. The number of anilines is 1. The van der Waals surface area contributed by atoms with Crippen molar-refractivity contribution in [2.24, 2.45) is 5.73 Å². The lowest BCUT2D eigenvalue weighted by Crippen LogP contribution is -2.13. The van der Waals surface area contributed by atoms with E-state index in [2.05, 4.69) is 11.4 Å². The van der Waals surface area contributed by atoms with Crippen molar-refractivity contribution in [1.29, 1.82) is 0 Å². The van der Waals surface area contributed by atoms with Crippen LogP contribution in [0.4, 0.5) is 5.69 Å². The number of carbonyl (C=O) groups is 1. The Balaban J connectivity index is 1.94. The second kappa shape index (κ2) is 5.13. The van der Waals surface area contributed by atoms with E-state index in [0.717, 1.165) is 41.0 Å². The number of carbonyl (C=O) groups excluding carboxylic acids is 1. The van der Waals surface area contributed by atoms with E-state index in [4.69, 9.17) is 10.2 Å². The van der Waals surface area contributed by atoms with Crippen LogP contribution in [0.15, 0.2) is 34.9 Å². The molecule has 1 aromatic carbocycles. The molecule has 0 spiro atoms. The Morgan fingerprint density at radius 1 is 1.30 bits per heavy atom. The first-order valence-corrected chi connectivity index (χ1v) is 6.87. The molecule has 0 saturated heterocycles. The smallest absolute Gasteiger partial charge is 0.224 e. The van der Waals surface area contributed by atoms with E-state index in [-0.39, 0.29) is 11.9 Å². The summed E-state index contributed by atoms with van der Waals surface area (Å²) in [6.45, 7) is 1.92. The highest BCUT2D eigenvalue weighted by Gasteiger charge is 2.17. The highest BCUT2D eigenvalue weighted by Crippen LogP contribution is 2.29. The standard InChI is InChI=1S/C16H18N2O2/c1-10-13(7-8-20-10)16(17)12-5-6-14-11(9-12)3-2-4-15(19)18-14/h5-9,16H,2-4,17H2,1H3,(H,18,19). The van der Waals surface area contributed by atoms with Gasteiger partial charge in [-0.15, -0.1) is 0 Å². The van der Waals surface area contributed by atoms with E-state index in [1.807, 2.05) is 25.1 Å². The third kappa shape index (κ3) is 2.34. The predicted octanol–water partition coefficient (Wildman–Crippen LogP) is 2.91. The number of hydrogen-bond acceptors (Lipinski definition) is 3. The maximum atomic E-state index is 11.5. The molecule has 0 bridgehead atoms. The highest BCUT2D eigenvalue weighted by atomic mass is 16.3. The van der Waals surface area contributed by atoms with Crippen LogP contribution in [-0.2, 0) is 11.2 Å². The molecule has 1 amide bonds. The van der Waals surface area contributed by atoms with Crippen molar-refractivity contribution in [1.82, 2.24) is 0 Å². The summed E-state index contributed by atoms with van der Waals surface area (Å²) in [5, 5.41) is 2.94. The first-order chi connectivity index (χ1) is 9.65. The number of rotatable bonds is 2. The van der Waals surface area contributed by atoms with E-state index in [1.54, 1.807) is 6.26 Å². The summed E-state index contributed by atoms with van der Waals surface area (Å²) in [5.41, 5.74) is 10.4. The van der Waals surface area contributed by atoms with Crippen LogP contribution in [0.3, 0.4) is 0 Å².